The first-order valence-electron chi connectivity index (χ1n) is 14.2. The second kappa shape index (κ2) is 11.9. The SMILES string of the molecule is Cc1ncc(Cl)cc1C(=O)N[C@H]1CC[C@H](Cn2c(=O)n(-c3ccc(-c4ccccc4CO)nc3)c3ccccc32)CC1. The highest BCUT2D eigenvalue weighted by molar-refractivity contribution is 6.30. The van der Waals surface area contributed by atoms with Crippen LogP contribution in [0.15, 0.2) is 83.9 Å². The van der Waals surface area contributed by atoms with Crippen molar-refractivity contribution >= 4 is 28.5 Å². The summed E-state index contributed by atoms with van der Waals surface area (Å²) in [5.74, 6) is 0.171. The molecule has 1 aliphatic rings. The zero-order valence-electron chi connectivity index (χ0n) is 23.3. The lowest BCUT2D eigenvalue weighted by atomic mass is 9.85. The average Bonchev–Trinajstić information content (AvgIpc) is 3.30. The molecule has 8 nitrogen and oxygen atoms in total. The highest BCUT2D eigenvalue weighted by Gasteiger charge is 2.26. The van der Waals surface area contributed by atoms with Gasteiger partial charge in [0.15, 0.2) is 0 Å². The molecule has 1 saturated carbocycles. The van der Waals surface area contributed by atoms with E-state index in [2.05, 4.69) is 15.3 Å². The normalized spacial score (nSPS) is 16.9. The van der Waals surface area contributed by atoms with Crippen LogP contribution in [0.5, 0.6) is 0 Å². The van der Waals surface area contributed by atoms with E-state index in [0.29, 0.717) is 34.4 Å². The van der Waals surface area contributed by atoms with E-state index in [4.69, 9.17) is 11.6 Å². The summed E-state index contributed by atoms with van der Waals surface area (Å²) >= 11 is 6.05. The third kappa shape index (κ3) is 5.47. The van der Waals surface area contributed by atoms with E-state index in [1.807, 2.05) is 65.2 Å². The molecule has 3 aromatic heterocycles. The number of halogens is 1. The number of para-hydroxylation sites is 2. The molecule has 0 atom stereocenters. The number of aromatic nitrogens is 4. The van der Waals surface area contributed by atoms with Crippen molar-refractivity contribution in [3.63, 3.8) is 0 Å². The minimum Gasteiger partial charge on any atom is -0.392 e. The first-order valence-corrected chi connectivity index (χ1v) is 14.6. The molecule has 1 aliphatic carbocycles. The number of nitrogens with one attached hydrogen (secondary N) is 1. The van der Waals surface area contributed by atoms with Crippen LogP contribution in [-0.4, -0.2) is 36.2 Å². The van der Waals surface area contributed by atoms with Crippen molar-refractivity contribution in [2.75, 3.05) is 0 Å². The summed E-state index contributed by atoms with van der Waals surface area (Å²) in [5.41, 5.74) is 5.88. The third-order valence-electron chi connectivity index (χ3n) is 8.23. The number of carbonyl (C=O) groups is 1. The smallest absolute Gasteiger partial charge is 0.333 e. The van der Waals surface area contributed by atoms with Crippen LogP contribution in [0, 0.1) is 12.8 Å². The molecular formula is C33H32ClN5O3. The monoisotopic (exact) mass is 581 g/mol. The Morgan fingerprint density at radius 2 is 1.71 bits per heavy atom. The minimum atomic E-state index is -0.148. The zero-order valence-corrected chi connectivity index (χ0v) is 24.1. The van der Waals surface area contributed by atoms with Gasteiger partial charge in [-0.1, -0.05) is 48.0 Å². The molecule has 42 heavy (non-hydrogen) atoms. The lowest BCUT2D eigenvalue weighted by Crippen LogP contribution is -2.39. The number of nitrogens with zero attached hydrogens (tertiary/aromatic N) is 4. The summed E-state index contributed by atoms with van der Waals surface area (Å²) < 4.78 is 3.59. The number of aryl methyl sites for hydroxylation is 1. The number of fused-ring (bicyclic) bond motifs is 1. The van der Waals surface area contributed by atoms with Gasteiger partial charge in [-0.15, -0.1) is 0 Å². The third-order valence-corrected chi connectivity index (χ3v) is 8.43. The van der Waals surface area contributed by atoms with Crippen LogP contribution in [-0.2, 0) is 13.2 Å². The Balaban J connectivity index is 1.19. The van der Waals surface area contributed by atoms with Crippen LogP contribution in [0.25, 0.3) is 28.0 Å². The van der Waals surface area contributed by atoms with Crippen molar-refractivity contribution < 1.29 is 9.90 Å². The van der Waals surface area contributed by atoms with E-state index >= 15 is 0 Å². The molecular weight excluding hydrogens is 550 g/mol. The van der Waals surface area contributed by atoms with Gasteiger partial charge in [0.2, 0.25) is 0 Å². The summed E-state index contributed by atoms with van der Waals surface area (Å²) in [7, 11) is 0. The molecule has 2 aromatic carbocycles. The predicted molar refractivity (Wildman–Crippen MR) is 164 cm³/mol. The van der Waals surface area contributed by atoms with E-state index in [1.165, 1.54) is 0 Å². The quantitative estimate of drug-likeness (QED) is 0.257. The topological polar surface area (TPSA) is 102 Å². The van der Waals surface area contributed by atoms with Crippen molar-refractivity contribution in [3.8, 4) is 16.9 Å². The van der Waals surface area contributed by atoms with Gasteiger partial charge in [0.25, 0.3) is 5.91 Å². The van der Waals surface area contributed by atoms with Crippen LogP contribution < -0.4 is 11.0 Å². The molecule has 0 radical (unpaired) electrons. The van der Waals surface area contributed by atoms with Gasteiger partial charge in [0.05, 0.1) is 51.5 Å². The van der Waals surface area contributed by atoms with Crippen molar-refractivity contribution in [2.45, 2.75) is 51.8 Å². The Morgan fingerprint density at radius 1 is 0.976 bits per heavy atom. The number of aliphatic hydroxyl groups is 1. The van der Waals surface area contributed by atoms with Gasteiger partial charge in [-0.25, -0.2) is 4.79 Å². The van der Waals surface area contributed by atoms with Crippen molar-refractivity contribution in [1.82, 2.24) is 24.4 Å². The maximum Gasteiger partial charge on any atom is 0.333 e. The van der Waals surface area contributed by atoms with E-state index in [-0.39, 0.29) is 24.2 Å². The van der Waals surface area contributed by atoms with E-state index in [9.17, 15) is 14.7 Å². The average molecular weight is 582 g/mol. The maximum atomic E-state index is 13.8. The molecule has 5 aromatic rings. The number of rotatable bonds is 7. The zero-order chi connectivity index (χ0) is 29.2. The van der Waals surface area contributed by atoms with E-state index in [0.717, 1.165) is 53.5 Å². The van der Waals surface area contributed by atoms with Gasteiger partial charge < -0.3 is 10.4 Å². The Labute approximate surface area is 248 Å². The Morgan fingerprint density at radius 3 is 2.45 bits per heavy atom. The predicted octanol–water partition coefficient (Wildman–Crippen LogP) is 5.69. The minimum absolute atomic E-state index is 0.0696. The standard InChI is InChI=1S/C33H32ClN5O3/c1-21-28(16-24(34)17-35-21)32(41)37-25-12-10-22(11-13-25)19-38-30-8-4-5-9-31(30)39(33(38)42)26-14-15-29(36-18-26)27-7-3-2-6-23(27)20-40/h2-9,14-18,22,25,40H,10-13,19-20H2,1H3,(H,37,41)/t22-,25-. The highest BCUT2D eigenvalue weighted by atomic mass is 35.5. The molecule has 0 unspecified atom stereocenters. The van der Waals surface area contributed by atoms with Gasteiger partial charge in [0.1, 0.15) is 0 Å². The lowest BCUT2D eigenvalue weighted by molar-refractivity contribution is 0.0919. The summed E-state index contributed by atoms with van der Waals surface area (Å²) in [5, 5.41) is 13.3. The summed E-state index contributed by atoms with van der Waals surface area (Å²) in [6.45, 7) is 2.34. The molecule has 214 valence electrons. The second-order valence-corrected chi connectivity index (χ2v) is 11.3. The number of hydrogen-bond acceptors (Lipinski definition) is 5. The molecule has 0 saturated heterocycles. The summed E-state index contributed by atoms with van der Waals surface area (Å²) in [4.78, 5) is 35.5. The van der Waals surface area contributed by atoms with Crippen LogP contribution in [0.2, 0.25) is 5.02 Å². The lowest BCUT2D eigenvalue weighted by Gasteiger charge is -2.29. The number of benzene rings is 2. The molecule has 9 heteroatoms. The summed E-state index contributed by atoms with van der Waals surface area (Å²) in [6.07, 6.45) is 6.76. The molecule has 1 fully saturated rings. The second-order valence-electron chi connectivity index (χ2n) is 10.9. The van der Waals surface area contributed by atoms with Crippen LogP contribution in [0.1, 0.15) is 47.3 Å². The van der Waals surface area contributed by atoms with Gasteiger partial charge >= 0.3 is 5.69 Å². The Hall–Kier alpha value is -4.27. The molecule has 6 rings (SSSR count). The largest absolute Gasteiger partial charge is 0.392 e. The fourth-order valence-electron chi connectivity index (χ4n) is 5.97. The van der Waals surface area contributed by atoms with Gasteiger partial charge in [-0.3, -0.25) is 23.9 Å². The number of hydrogen-bond donors (Lipinski definition) is 2. The molecule has 1 amide bonds. The molecule has 0 aliphatic heterocycles. The molecule has 3 heterocycles. The Kier molecular flexibility index (Phi) is 7.91. The van der Waals surface area contributed by atoms with E-state index in [1.54, 1.807) is 30.0 Å². The number of imidazole rings is 1. The molecule has 0 bridgehead atoms. The van der Waals surface area contributed by atoms with Gasteiger partial charge in [-0.05, 0) is 74.4 Å². The Bertz CT molecular complexity index is 1800. The van der Waals surface area contributed by atoms with Crippen LogP contribution in [0.3, 0.4) is 0 Å². The highest BCUT2D eigenvalue weighted by Crippen LogP contribution is 2.28. The number of carbonyl (C=O) groups excluding carboxylic acids is 1. The molecule has 0 spiro atoms. The number of amides is 1. The fourth-order valence-corrected chi connectivity index (χ4v) is 6.13. The summed E-state index contributed by atoms with van der Waals surface area (Å²) in [6, 6.07) is 21.0. The fraction of sp³-hybridized carbons (Fsp3) is 0.273. The van der Waals surface area contributed by atoms with Crippen molar-refractivity contribution in [2.24, 2.45) is 5.92 Å². The van der Waals surface area contributed by atoms with Gasteiger partial charge in [0, 0.05) is 24.3 Å². The first kappa shape index (κ1) is 27.9. The molecule has 2 N–H and O–H groups in total. The maximum absolute atomic E-state index is 13.8. The first-order chi connectivity index (χ1) is 20.4. The van der Waals surface area contributed by atoms with Crippen LogP contribution >= 0.6 is 11.6 Å². The van der Waals surface area contributed by atoms with Gasteiger partial charge in [-0.2, -0.15) is 0 Å². The number of aliphatic hydroxyl groups excluding tert-OH is 1. The van der Waals surface area contributed by atoms with Crippen LogP contribution in [0.4, 0.5) is 0 Å². The van der Waals surface area contributed by atoms with Crippen molar-refractivity contribution in [1.29, 1.82) is 0 Å². The number of pyridine rings is 2. The van der Waals surface area contributed by atoms with E-state index < -0.39 is 0 Å². The van der Waals surface area contributed by atoms with Crippen molar-refractivity contribution in [3.05, 3.63) is 111 Å².